The molecular formula is C22H20N4O4. The van der Waals surface area contributed by atoms with Gasteiger partial charge in [-0.05, 0) is 63.1 Å². The zero-order valence-corrected chi connectivity index (χ0v) is 17.0. The number of anilines is 1. The minimum absolute atomic E-state index is 0.204. The number of aryl methyl sites for hydroxylation is 3. The number of benzene rings is 2. The number of aromatic nitrogens is 2. The fourth-order valence-corrected chi connectivity index (χ4v) is 3.39. The molecule has 0 saturated carbocycles. The zero-order chi connectivity index (χ0) is 21.6. The highest BCUT2D eigenvalue weighted by Crippen LogP contribution is 2.31. The van der Waals surface area contributed by atoms with Gasteiger partial charge in [-0.15, -0.1) is 0 Å². The van der Waals surface area contributed by atoms with Crippen molar-refractivity contribution in [3.63, 3.8) is 0 Å². The molecule has 8 nitrogen and oxygen atoms in total. The molecule has 0 saturated heterocycles. The number of carbonyl (C=O) groups excluding carboxylic acids is 3. The number of hydrogen-bond acceptors (Lipinski definition) is 6. The standard InChI is InChI=1S/C22H20N4O4/c1-11-5-6-12(2)18(9-11)26-21(28)16-8-7-15(10-17(16)22(26)29)19(27)23-13(3)20-24-14(4)25-30-20/h5-10,13H,1-4H3,(H,23,27). The molecule has 1 unspecified atom stereocenters. The van der Waals surface area contributed by atoms with Gasteiger partial charge in [0, 0.05) is 5.56 Å². The van der Waals surface area contributed by atoms with E-state index in [1.807, 2.05) is 26.0 Å². The molecule has 8 heteroatoms. The van der Waals surface area contributed by atoms with Crippen LogP contribution in [0.25, 0.3) is 0 Å². The quantitative estimate of drug-likeness (QED) is 0.669. The van der Waals surface area contributed by atoms with E-state index in [0.29, 0.717) is 11.5 Å². The summed E-state index contributed by atoms with van der Waals surface area (Å²) in [5, 5.41) is 6.47. The number of fused-ring (bicyclic) bond motifs is 1. The van der Waals surface area contributed by atoms with Crippen molar-refractivity contribution < 1.29 is 18.9 Å². The molecule has 3 aromatic rings. The largest absolute Gasteiger partial charge is 0.341 e. The lowest BCUT2D eigenvalue weighted by Crippen LogP contribution is -2.30. The van der Waals surface area contributed by atoms with Crippen LogP contribution in [0, 0.1) is 20.8 Å². The Hall–Kier alpha value is -3.81. The lowest BCUT2D eigenvalue weighted by molar-refractivity contribution is 0.0920. The molecule has 1 aromatic heterocycles. The normalized spacial score (nSPS) is 14.1. The molecule has 2 heterocycles. The van der Waals surface area contributed by atoms with E-state index in [2.05, 4.69) is 15.5 Å². The van der Waals surface area contributed by atoms with E-state index >= 15 is 0 Å². The maximum atomic E-state index is 13.0. The third-order valence-corrected chi connectivity index (χ3v) is 5.02. The van der Waals surface area contributed by atoms with Gasteiger partial charge in [-0.1, -0.05) is 17.3 Å². The minimum atomic E-state index is -0.504. The molecule has 4 rings (SSSR count). The molecule has 2 aromatic carbocycles. The van der Waals surface area contributed by atoms with Gasteiger partial charge in [0.15, 0.2) is 5.82 Å². The Morgan fingerprint density at radius 2 is 1.77 bits per heavy atom. The average molecular weight is 404 g/mol. The first-order chi connectivity index (χ1) is 14.3. The molecule has 1 aliphatic rings. The van der Waals surface area contributed by atoms with Gasteiger partial charge in [0.2, 0.25) is 5.89 Å². The summed E-state index contributed by atoms with van der Waals surface area (Å²) < 4.78 is 5.07. The molecule has 1 N–H and O–H groups in total. The van der Waals surface area contributed by atoms with Gasteiger partial charge in [-0.2, -0.15) is 4.98 Å². The highest BCUT2D eigenvalue weighted by Gasteiger charge is 2.38. The Labute approximate surface area is 172 Å². The third kappa shape index (κ3) is 3.26. The molecule has 3 amide bonds. The first-order valence-electron chi connectivity index (χ1n) is 9.47. The second-order valence-corrected chi connectivity index (χ2v) is 7.37. The Bertz CT molecular complexity index is 1200. The molecule has 0 bridgehead atoms. The summed E-state index contributed by atoms with van der Waals surface area (Å²) >= 11 is 0. The predicted octanol–water partition coefficient (Wildman–Crippen LogP) is 3.29. The summed E-state index contributed by atoms with van der Waals surface area (Å²) in [6, 6.07) is 9.57. The van der Waals surface area contributed by atoms with Gasteiger partial charge in [-0.25, -0.2) is 4.90 Å². The van der Waals surface area contributed by atoms with Gasteiger partial charge in [0.1, 0.15) is 6.04 Å². The van der Waals surface area contributed by atoms with E-state index in [9.17, 15) is 14.4 Å². The SMILES string of the molecule is Cc1ccc(C)c(N2C(=O)c3ccc(C(=O)NC(C)c4nc(C)no4)cc3C2=O)c1. The first-order valence-corrected chi connectivity index (χ1v) is 9.47. The van der Waals surface area contributed by atoms with E-state index in [1.54, 1.807) is 19.9 Å². The molecule has 30 heavy (non-hydrogen) atoms. The number of rotatable bonds is 4. The lowest BCUT2D eigenvalue weighted by Gasteiger charge is -2.17. The van der Waals surface area contributed by atoms with Crippen LogP contribution in [-0.2, 0) is 0 Å². The average Bonchev–Trinajstić information content (AvgIpc) is 3.25. The fourth-order valence-electron chi connectivity index (χ4n) is 3.39. The van der Waals surface area contributed by atoms with Crippen molar-refractivity contribution in [3.05, 3.63) is 75.9 Å². The van der Waals surface area contributed by atoms with Gasteiger partial charge < -0.3 is 9.84 Å². The number of hydrogen-bond donors (Lipinski definition) is 1. The van der Waals surface area contributed by atoms with Crippen LogP contribution < -0.4 is 10.2 Å². The molecule has 1 aliphatic heterocycles. The maximum Gasteiger partial charge on any atom is 0.266 e. The van der Waals surface area contributed by atoms with Crippen molar-refractivity contribution in [2.75, 3.05) is 4.90 Å². The second kappa shape index (κ2) is 7.22. The molecule has 0 radical (unpaired) electrons. The summed E-state index contributed by atoms with van der Waals surface area (Å²) in [4.78, 5) is 43.9. The molecule has 152 valence electrons. The number of carbonyl (C=O) groups is 3. The Kier molecular flexibility index (Phi) is 4.69. The summed E-state index contributed by atoms with van der Waals surface area (Å²) in [6.45, 7) is 7.15. The van der Waals surface area contributed by atoms with Crippen LogP contribution in [0.5, 0.6) is 0 Å². The van der Waals surface area contributed by atoms with Crippen LogP contribution in [0.2, 0.25) is 0 Å². The van der Waals surface area contributed by atoms with E-state index in [1.165, 1.54) is 23.1 Å². The first kappa shape index (κ1) is 19.5. The minimum Gasteiger partial charge on any atom is -0.341 e. The van der Waals surface area contributed by atoms with Crippen LogP contribution >= 0.6 is 0 Å². The van der Waals surface area contributed by atoms with E-state index in [4.69, 9.17) is 4.52 Å². The van der Waals surface area contributed by atoms with E-state index in [-0.39, 0.29) is 22.6 Å². The van der Waals surface area contributed by atoms with Crippen LogP contribution in [-0.4, -0.2) is 27.9 Å². The number of imide groups is 1. The van der Waals surface area contributed by atoms with Gasteiger partial charge in [0.05, 0.1) is 16.8 Å². The Morgan fingerprint density at radius 3 is 2.47 bits per heavy atom. The predicted molar refractivity (Wildman–Crippen MR) is 108 cm³/mol. The van der Waals surface area contributed by atoms with Crippen LogP contribution in [0.15, 0.2) is 40.9 Å². The van der Waals surface area contributed by atoms with Gasteiger partial charge in [-0.3, -0.25) is 14.4 Å². The summed E-state index contributed by atoms with van der Waals surface area (Å²) in [5.74, 6) is -0.496. The monoisotopic (exact) mass is 404 g/mol. The Balaban J connectivity index is 1.61. The Morgan fingerprint density at radius 1 is 1.03 bits per heavy atom. The molecule has 0 aliphatic carbocycles. The van der Waals surface area contributed by atoms with Gasteiger partial charge in [0.25, 0.3) is 17.7 Å². The lowest BCUT2D eigenvalue weighted by atomic mass is 10.1. The van der Waals surface area contributed by atoms with Gasteiger partial charge >= 0.3 is 0 Å². The number of nitrogens with zero attached hydrogens (tertiary/aromatic N) is 3. The van der Waals surface area contributed by atoms with E-state index in [0.717, 1.165) is 11.1 Å². The summed E-state index contributed by atoms with van der Waals surface area (Å²) in [5.41, 5.74) is 3.05. The van der Waals surface area contributed by atoms with Crippen molar-refractivity contribution in [2.45, 2.75) is 33.7 Å². The summed E-state index contributed by atoms with van der Waals surface area (Å²) in [7, 11) is 0. The zero-order valence-electron chi connectivity index (χ0n) is 17.0. The molecule has 0 spiro atoms. The number of amides is 3. The number of nitrogens with one attached hydrogen (secondary N) is 1. The van der Waals surface area contributed by atoms with Crippen LogP contribution in [0.3, 0.4) is 0 Å². The molecular weight excluding hydrogens is 384 g/mol. The van der Waals surface area contributed by atoms with Crippen molar-refractivity contribution >= 4 is 23.4 Å². The molecule has 0 fully saturated rings. The van der Waals surface area contributed by atoms with Crippen molar-refractivity contribution in [1.82, 2.24) is 15.5 Å². The topological polar surface area (TPSA) is 105 Å². The smallest absolute Gasteiger partial charge is 0.266 e. The van der Waals surface area contributed by atoms with Crippen LogP contribution in [0.1, 0.15) is 66.9 Å². The molecule has 1 atom stereocenters. The van der Waals surface area contributed by atoms with Crippen LogP contribution in [0.4, 0.5) is 5.69 Å². The van der Waals surface area contributed by atoms with Crippen molar-refractivity contribution in [3.8, 4) is 0 Å². The maximum absolute atomic E-state index is 13.0. The van der Waals surface area contributed by atoms with Crippen molar-refractivity contribution in [1.29, 1.82) is 0 Å². The van der Waals surface area contributed by atoms with E-state index < -0.39 is 23.8 Å². The second-order valence-electron chi connectivity index (χ2n) is 7.37. The highest BCUT2D eigenvalue weighted by atomic mass is 16.5. The summed E-state index contributed by atoms with van der Waals surface area (Å²) in [6.07, 6.45) is 0. The third-order valence-electron chi connectivity index (χ3n) is 5.02. The fraction of sp³-hybridized carbons (Fsp3) is 0.227. The highest BCUT2D eigenvalue weighted by molar-refractivity contribution is 6.35. The van der Waals surface area contributed by atoms with Crippen molar-refractivity contribution in [2.24, 2.45) is 0 Å².